The number of aryl methyl sites for hydroxylation is 1. The molecule has 0 unspecified atom stereocenters. The van der Waals surface area contributed by atoms with Crippen LogP contribution < -0.4 is 5.32 Å². The average Bonchev–Trinajstić information content (AvgIpc) is 2.59. The normalized spacial score (nSPS) is 17.8. The van der Waals surface area contributed by atoms with Gasteiger partial charge in [0.15, 0.2) is 0 Å². The van der Waals surface area contributed by atoms with E-state index < -0.39 is 16.1 Å². The molecule has 1 aliphatic heterocycles. The van der Waals surface area contributed by atoms with Crippen LogP contribution in [-0.2, 0) is 27.8 Å². The van der Waals surface area contributed by atoms with Crippen LogP contribution in [0.1, 0.15) is 16.7 Å². The summed E-state index contributed by atoms with van der Waals surface area (Å²) in [5.74, 6) is -0.332. The minimum absolute atomic E-state index is 0.0213. The molecular weight excluding hydrogens is 360 g/mol. The van der Waals surface area contributed by atoms with Gasteiger partial charge in [0, 0.05) is 13.6 Å². The number of hydrogen-bond acceptors (Lipinski definition) is 3. The summed E-state index contributed by atoms with van der Waals surface area (Å²) in [5.41, 5.74) is 2.75. The summed E-state index contributed by atoms with van der Waals surface area (Å²) in [6.45, 7) is 1.98. The molecule has 132 valence electrons. The summed E-state index contributed by atoms with van der Waals surface area (Å²) in [6.07, 6.45) is 0.332. The van der Waals surface area contributed by atoms with Gasteiger partial charge in [0.05, 0.1) is 5.02 Å². The lowest BCUT2D eigenvalue weighted by Gasteiger charge is -2.35. The fourth-order valence-electron chi connectivity index (χ4n) is 3.08. The largest absolute Gasteiger partial charge is 0.358 e. The minimum Gasteiger partial charge on any atom is -0.358 e. The van der Waals surface area contributed by atoms with Gasteiger partial charge < -0.3 is 5.32 Å². The van der Waals surface area contributed by atoms with Crippen LogP contribution in [-0.4, -0.2) is 31.7 Å². The monoisotopic (exact) mass is 378 g/mol. The Morgan fingerprint density at radius 3 is 2.52 bits per heavy atom. The Bertz CT molecular complexity index is 928. The van der Waals surface area contributed by atoms with E-state index in [1.165, 1.54) is 17.4 Å². The Balaban J connectivity index is 2.10. The molecule has 7 heteroatoms. The molecule has 2 aromatic rings. The standard InChI is InChI=1S/C18H19ClN2O3S/c1-12-7-8-17(15(19)9-12)25(23,24)21-11-14-6-4-3-5-13(14)10-16(21)18(22)20-2/h3-9,16H,10-11H2,1-2H3,(H,20,22)/t16-/m0/s1. The molecule has 0 radical (unpaired) electrons. The van der Waals surface area contributed by atoms with E-state index in [0.717, 1.165) is 16.7 Å². The third-order valence-electron chi connectivity index (χ3n) is 4.43. The lowest BCUT2D eigenvalue weighted by atomic mass is 9.95. The van der Waals surface area contributed by atoms with Gasteiger partial charge in [-0.15, -0.1) is 0 Å². The highest BCUT2D eigenvalue weighted by atomic mass is 35.5. The van der Waals surface area contributed by atoms with Crippen LogP contribution in [0.4, 0.5) is 0 Å². The molecule has 3 rings (SSSR count). The van der Waals surface area contributed by atoms with Crippen LogP contribution in [0.2, 0.25) is 5.02 Å². The SMILES string of the molecule is CNC(=O)[C@@H]1Cc2ccccc2CN1S(=O)(=O)c1ccc(C)cc1Cl. The maximum Gasteiger partial charge on any atom is 0.245 e. The molecule has 0 fully saturated rings. The second-order valence-corrected chi connectivity index (χ2v) is 8.35. The van der Waals surface area contributed by atoms with Crippen molar-refractivity contribution in [1.29, 1.82) is 0 Å². The fourth-order valence-corrected chi connectivity index (χ4v) is 5.22. The number of nitrogens with one attached hydrogen (secondary N) is 1. The van der Waals surface area contributed by atoms with Crippen molar-refractivity contribution in [1.82, 2.24) is 9.62 Å². The van der Waals surface area contributed by atoms with Crippen LogP contribution in [0.25, 0.3) is 0 Å². The molecule has 0 saturated carbocycles. The van der Waals surface area contributed by atoms with E-state index in [1.54, 1.807) is 12.1 Å². The zero-order valence-corrected chi connectivity index (χ0v) is 15.6. The summed E-state index contributed by atoms with van der Waals surface area (Å²) in [7, 11) is -2.41. The Labute approximate surface area is 152 Å². The molecule has 25 heavy (non-hydrogen) atoms. The van der Waals surface area contributed by atoms with E-state index in [-0.39, 0.29) is 22.4 Å². The number of hydrogen-bond donors (Lipinski definition) is 1. The second kappa shape index (κ2) is 6.78. The molecule has 2 aromatic carbocycles. The topological polar surface area (TPSA) is 66.5 Å². The van der Waals surface area contributed by atoms with Gasteiger partial charge >= 0.3 is 0 Å². The molecule has 1 amide bonds. The summed E-state index contributed by atoms with van der Waals surface area (Å²) in [6, 6.07) is 11.6. The van der Waals surface area contributed by atoms with Crippen LogP contribution in [0, 0.1) is 6.92 Å². The summed E-state index contributed by atoms with van der Waals surface area (Å²) in [5, 5.41) is 2.73. The Morgan fingerprint density at radius 1 is 1.20 bits per heavy atom. The third-order valence-corrected chi connectivity index (χ3v) is 6.77. The highest BCUT2D eigenvalue weighted by Crippen LogP contribution is 2.32. The first kappa shape index (κ1) is 17.9. The van der Waals surface area contributed by atoms with Crippen molar-refractivity contribution in [3.8, 4) is 0 Å². The Hall–Kier alpha value is -1.89. The number of amides is 1. The summed E-state index contributed by atoms with van der Waals surface area (Å²) in [4.78, 5) is 12.4. The lowest BCUT2D eigenvalue weighted by Crippen LogP contribution is -2.51. The number of fused-ring (bicyclic) bond motifs is 1. The molecule has 0 bridgehead atoms. The molecular formula is C18H19ClN2O3S. The van der Waals surface area contributed by atoms with E-state index in [9.17, 15) is 13.2 Å². The number of nitrogens with zero attached hydrogens (tertiary/aromatic N) is 1. The van der Waals surface area contributed by atoms with E-state index in [0.29, 0.717) is 6.42 Å². The van der Waals surface area contributed by atoms with Crippen molar-refractivity contribution >= 4 is 27.5 Å². The number of sulfonamides is 1. The average molecular weight is 379 g/mol. The molecule has 1 atom stereocenters. The number of benzene rings is 2. The van der Waals surface area contributed by atoms with E-state index in [1.807, 2.05) is 31.2 Å². The zero-order chi connectivity index (χ0) is 18.2. The molecule has 5 nitrogen and oxygen atoms in total. The number of halogens is 1. The van der Waals surface area contributed by atoms with Crippen molar-refractivity contribution in [3.05, 3.63) is 64.2 Å². The minimum atomic E-state index is -3.92. The van der Waals surface area contributed by atoms with E-state index >= 15 is 0 Å². The number of likely N-dealkylation sites (N-methyl/N-ethyl adjacent to an activating group) is 1. The van der Waals surface area contributed by atoms with Crippen molar-refractivity contribution in [2.75, 3.05) is 7.05 Å². The highest BCUT2D eigenvalue weighted by molar-refractivity contribution is 7.89. The quantitative estimate of drug-likeness (QED) is 0.892. The van der Waals surface area contributed by atoms with Crippen molar-refractivity contribution in [2.45, 2.75) is 30.8 Å². The smallest absolute Gasteiger partial charge is 0.245 e. The number of carbonyl (C=O) groups excluding carboxylic acids is 1. The molecule has 0 saturated heterocycles. The van der Waals surface area contributed by atoms with Crippen molar-refractivity contribution < 1.29 is 13.2 Å². The van der Waals surface area contributed by atoms with Crippen LogP contribution in [0.15, 0.2) is 47.4 Å². The van der Waals surface area contributed by atoms with Crippen LogP contribution >= 0.6 is 11.6 Å². The van der Waals surface area contributed by atoms with Gasteiger partial charge in [-0.05, 0) is 42.2 Å². The Morgan fingerprint density at radius 2 is 1.88 bits per heavy atom. The fraction of sp³-hybridized carbons (Fsp3) is 0.278. The van der Waals surface area contributed by atoms with Gasteiger partial charge in [0.25, 0.3) is 0 Å². The van der Waals surface area contributed by atoms with Crippen molar-refractivity contribution in [3.63, 3.8) is 0 Å². The van der Waals surface area contributed by atoms with Gasteiger partial charge in [0.2, 0.25) is 15.9 Å². The summed E-state index contributed by atoms with van der Waals surface area (Å²) < 4.78 is 27.7. The molecule has 1 aliphatic rings. The first-order valence-corrected chi connectivity index (χ1v) is 9.73. The number of rotatable bonds is 3. The Kier molecular flexibility index (Phi) is 4.86. The predicted octanol–water partition coefficient (Wildman–Crippen LogP) is 2.51. The van der Waals surface area contributed by atoms with Gasteiger partial charge in [0.1, 0.15) is 10.9 Å². The first-order valence-electron chi connectivity index (χ1n) is 7.91. The van der Waals surface area contributed by atoms with Crippen molar-refractivity contribution in [2.24, 2.45) is 0 Å². The maximum atomic E-state index is 13.2. The van der Waals surface area contributed by atoms with Crippen LogP contribution in [0.5, 0.6) is 0 Å². The molecule has 1 heterocycles. The maximum absolute atomic E-state index is 13.2. The summed E-state index contributed by atoms with van der Waals surface area (Å²) >= 11 is 6.19. The first-order chi connectivity index (χ1) is 11.8. The van der Waals surface area contributed by atoms with E-state index in [4.69, 9.17) is 11.6 Å². The van der Waals surface area contributed by atoms with Gasteiger partial charge in [-0.25, -0.2) is 8.42 Å². The number of carbonyl (C=O) groups is 1. The second-order valence-electron chi connectivity index (χ2n) is 6.09. The predicted molar refractivity (Wildman–Crippen MR) is 96.9 cm³/mol. The molecule has 0 spiro atoms. The van der Waals surface area contributed by atoms with Crippen LogP contribution in [0.3, 0.4) is 0 Å². The molecule has 1 N–H and O–H groups in total. The molecule has 0 aliphatic carbocycles. The van der Waals surface area contributed by atoms with Gasteiger partial charge in [-0.3, -0.25) is 4.79 Å². The third kappa shape index (κ3) is 3.29. The van der Waals surface area contributed by atoms with E-state index in [2.05, 4.69) is 5.32 Å². The molecule has 0 aromatic heterocycles. The lowest BCUT2D eigenvalue weighted by molar-refractivity contribution is -0.124. The van der Waals surface area contributed by atoms with Gasteiger partial charge in [-0.1, -0.05) is 41.9 Å². The van der Waals surface area contributed by atoms with Gasteiger partial charge in [-0.2, -0.15) is 4.31 Å². The highest BCUT2D eigenvalue weighted by Gasteiger charge is 2.39. The zero-order valence-electron chi connectivity index (χ0n) is 14.0.